The number of Topliss-reactive ketones (excluding diaryl/α,β-unsaturated/α-hetero) is 1. The first-order valence-electron chi connectivity index (χ1n) is 6.15. The maximum atomic E-state index is 11.2. The Morgan fingerprint density at radius 1 is 1.39 bits per heavy atom. The molecule has 18 heavy (non-hydrogen) atoms. The zero-order chi connectivity index (χ0) is 13.0. The van der Waals surface area contributed by atoms with Gasteiger partial charge in [-0.05, 0) is 37.6 Å². The number of carbonyl (C=O) groups excluding carboxylic acids is 2. The van der Waals surface area contributed by atoms with E-state index in [1.807, 2.05) is 0 Å². The molecule has 1 amide bonds. The van der Waals surface area contributed by atoms with Crippen LogP contribution in [0.4, 0.5) is 0 Å². The number of ether oxygens (including phenoxy) is 1. The van der Waals surface area contributed by atoms with Gasteiger partial charge in [-0.3, -0.25) is 9.59 Å². The van der Waals surface area contributed by atoms with Gasteiger partial charge in [-0.15, -0.1) is 0 Å². The van der Waals surface area contributed by atoms with Crippen LogP contribution in [0.3, 0.4) is 0 Å². The summed E-state index contributed by atoms with van der Waals surface area (Å²) in [5, 5.41) is 2.80. The number of hydrogen-bond donors (Lipinski definition) is 1. The molecule has 4 nitrogen and oxygen atoms in total. The number of hydrogen-bond acceptors (Lipinski definition) is 3. The van der Waals surface area contributed by atoms with Gasteiger partial charge in [-0.1, -0.05) is 0 Å². The summed E-state index contributed by atoms with van der Waals surface area (Å²) in [5.41, 5.74) is 0.680. The Kier molecular flexibility index (Phi) is 3.97. The van der Waals surface area contributed by atoms with Crippen LogP contribution in [0.15, 0.2) is 24.3 Å². The van der Waals surface area contributed by atoms with Crippen LogP contribution in [-0.4, -0.2) is 24.8 Å². The van der Waals surface area contributed by atoms with Crippen molar-refractivity contribution in [2.75, 3.05) is 13.2 Å². The van der Waals surface area contributed by atoms with Crippen molar-refractivity contribution >= 4 is 11.7 Å². The van der Waals surface area contributed by atoms with Crippen molar-refractivity contribution in [3.63, 3.8) is 0 Å². The lowest BCUT2D eigenvalue weighted by Gasteiger charge is -2.22. The Labute approximate surface area is 106 Å². The van der Waals surface area contributed by atoms with E-state index >= 15 is 0 Å². The van der Waals surface area contributed by atoms with Gasteiger partial charge in [-0.25, -0.2) is 0 Å². The molecule has 1 heterocycles. The second-order valence-corrected chi connectivity index (χ2v) is 4.60. The van der Waals surface area contributed by atoms with E-state index in [9.17, 15) is 9.59 Å². The third kappa shape index (κ3) is 3.32. The third-order valence-corrected chi connectivity index (χ3v) is 3.10. The zero-order valence-corrected chi connectivity index (χ0v) is 10.4. The zero-order valence-electron chi connectivity index (χ0n) is 10.4. The van der Waals surface area contributed by atoms with Crippen LogP contribution in [-0.2, 0) is 4.79 Å². The Hall–Kier alpha value is -1.84. The smallest absolute Gasteiger partial charge is 0.220 e. The van der Waals surface area contributed by atoms with Crippen LogP contribution in [0.5, 0.6) is 5.75 Å². The summed E-state index contributed by atoms with van der Waals surface area (Å²) in [6.07, 6.45) is 1.49. The summed E-state index contributed by atoms with van der Waals surface area (Å²) >= 11 is 0. The molecule has 1 N–H and O–H groups in total. The van der Waals surface area contributed by atoms with Gasteiger partial charge in [-0.2, -0.15) is 0 Å². The van der Waals surface area contributed by atoms with Crippen molar-refractivity contribution in [1.82, 2.24) is 5.32 Å². The average molecular weight is 247 g/mol. The lowest BCUT2D eigenvalue weighted by Crippen LogP contribution is -2.35. The highest BCUT2D eigenvalue weighted by Crippen LogP contribution is 2.17. The molecule has 1 aliphatic rings. The van der Waals surface area contributed by atoms with Crippen LogP contribution in [0, 0.1) is 5.92 Å². The number of carbonyl (C=O) groups is 2. The van der Waals surface area contributed by atoms with E-state index in [0.29, 0.717) is 18.6 Å². The fourth-order valence-electron chi connectivity index (χ4n) is 1.99. The average Bonchev–Trinajstić information content (AvgIpc) is 2.37. The molecule has 1 aliphatic heterocycles. The van der Waals surface area contributed by atoms with E-state index in [1.54, 1.807) is 24.3 Å². The number of nitrogens with one attached hydrogen (secondary N) is 1. The number of ketones is 1. The fourth-order valence-corrected chi connectivity index (χ4v) is 1.99. The number of amides is 1. The molecule has 1 aromatic rings. The molecule has 0 aromatic heterocycles. The number of benzene rings is 1. The molecule has 1 fully saturated rings. The van der Waals surface area contributed by atoms with Crippen LogP contribution in [0.2, 0.25) is 0 Å². The molecule has 1 saturated heterocycles. The molecular weight excluding hydrogens is 230 g/mol. The molecule has 0 bridgehead atoms. The second-order valence-electron chi connectivity index (χ2n) is 4.60. The number of rotatable bonds is 4. The predicted octanol–water partition coefficient (Wildman–Crippen LogP) is 1.79. The van der Waals surface area contributed by atoms with Crippen LogP contribution in [0.25, 0.3) is 0 Å². The molecule has 1 atom stereocenters. The second kappa shape index (κ2) is 5.67. The van der Waals surface area contributed by atoms with Crippen molar-refractivity contribution in [3.8, 4) is 5.75 Å². The van der Waals surface area contributed by atoms with Crippen molar-refractivity contribution in [1.29, 1.82) is 0 Å². The first-order valence-corrected chi connectivity index (χ1v) is 6.15. The summed E-state index contributed by atoms with van der Waals surface area (Å²) < 4.78 is 5.64. The Morgan fingerprint density at radius 3 is 2.72 bits per heavy atom. The molecule has 1 aromatic carbocycles. The predicted molar refractivity (Wildman–Crippen MR) is 67.7 cm³/mol. The SMILES string of the molecule is CC(=O)c1ccc(OCC2CCNC(=O)C2)cc1. The minimum atomic E-state index is 0.0468. The van der Waals surface area contributed by atoms with Crippen molar-refractivity contribution < 1.29 is 14.3 Å². The topological polar surface area (TPSA) is 55.4 Å². The molecule has 1 unspecified atom stereocenters. The summed E-state index contributed by atoms with van der Waals surface area (Å²) in [5.74, 6) is 1.17. The minimum Gasteiger partial charge on any atom is -0.493 e. The maximum absolute atomic E-state index is 11.2. The Balaban J connectivity index is 1.86. The summed E-state index contributed by atoms with van der Waals surface area (Å²) in [4.78, 5) is 22.3. The van der Waals surface area contributed by atoms with Gasteiger partial charge in [0.2, 0.25) is 5.91 Å². The van der Waals surface area contributed by atoms with Gasteiger partial charge >= 0.3 is 0 Å². The maximum Gasteiger partial charge on any atom is 0.220 e. The Bertz CT molecular complexity index is 439. The van der Waals surface area contributed by atoms with E-state index in [4.69, 9.17) is 4.74 Å². The van der Waals surface area contributed by atoms with Crippen molar-refractivity contribution in [2.45, 2.75) is 19.8 Å². The van der Waals surface area contributed by atoms with Crippen LogP contribution >= 0.6 is 0 Å². The molecule has 0 spiro atoms. The van der Waals surface area contributed by atoms with Gasteiger partial charge in [0.25, 0.3) is 0 Å². The van der Waals surface area contributed by atoms with Crippen molar-refractivity contribution in [3.05, 3.63) is 29.8 Å². The van der Waals surface area contributed by atoms with Crippen LogP contribution in [0.1, 0.15) is 30.1 Å². The fraction of sp³-hybridized carbons (Fsp3) is 0.429. The highest BCUT2D eigenvalue weighted by molar-refractivity contribution is 5.94. The largest absolute Gasteiger partial charge is 0.493 e. The van der Waals surface area contributed by atoms with E-state index < -0.39 is 0 Å². The van der Waals surface area contributed by atoms with Crippen LogP contribution < -0.4 is 10.1 Å². The molecule has 4 heteroatoms. The lowest BCUT2D eigenvalue weighted by atomic mass is 9.99. The highest BCUT2D eigenvalue weighted by Gasteiger charge is 2.19. The van der Waals surface area contributed by atoms with Gasteiger partial charge < -0.3 is 10.1 Å². The van der Waals surface area contributed by atoms with Gasteiger partial charge in [0, 0.05) is 24.4 Å². The van der Waals surface area contributed by atoms with Crippen molar-refractivity contribution in [2.24, 2.45) is 5.92 Å². The summed E-state index contributed by atoms with van der Waals surface area (Å²) in [6.45, 7) is 2.82. The molecule has 0 radical (unpaired) electrons. The Morgan fingerprint density at radius 2 is 2.11 bits per heavy atom. The van der Waals surface area contributed by atoms with E-state index in [0.717, 1.165) is 18.7 Å². The molecule has 96 valence electrons. The third-order valence-electron chi connectivity index (χ3n) is 3.10. The lowest BCUT2D eigenvalue weighted by molar-refractivity contribution is -0.123. The molecular formula is C14H17NO3. The number of piperidine rings is 1. The first-order chi connectivity index (χ1) is 8.65. The standard InChI is InChI=1S/C14H17NO3/c1-10(16)12-2-4-13(5-3-12)18-9-11-6-7-15-14(17)8-11/h2-5,11H,6-9H2,1H3,(H,15,17). The van der Waals surface area contributed by atoms with Gasteiger partial charge in [0.05, 0.1) is 6.61 Å². The monoisotopic (exact) mass is 247 g/mol. The highest BCUT2D eigenvalue weighted by atomic mass is 16.5. The molecule has 2 rings (SSSR count). The van der Waals surface area contributed by atoms with E-state index in [2.05, 4.69) is 5.32 Å². The molecule has 0 aliphatic carbocycles. The normalized spacial score (nSPS) is 19.2. The van der Waals surface area contributed by atoms with Gasteiger partial charge in [0.1, 0.15) is 5.75 Å². The summed E-state index contributed by atoms with van der Waals surface area (Å²) in [7, 11) is 0. The van der Waals surface area contributed by atoms with Gasteiger partial charge in [0.15, 0.2) is 5.78 Å². The summed E-state index contributed by atoms with van der Waals surface area (Å²) in [6, 6.07) is 7.09. The van der Waals surface area contributed by atoms with E-state index in [1.165, 1.54) is 6.92 Å². The minimum absolute atomic E-state index is 0.0468. The quantitative estimate of drug-likeness (QED) is 0.825. The van der Waals surface area contributed by atoms with E-state index in [-0.39, 0.29) is 17.6 Å². The first kappa shape index (κ1) is 12.6. The molecule has 0 saturated carbocycles.